The van der Waals surface area contributed by atoms with Gasteiger partial charge in [0.1, 0.15) is 18.1 Å². The third kappa shape index (κ3) is 11.5. The van der Waals surface area contributed by atoms with Gasteiger partial charge in [0.05, 0.1) is 29.6 Å². The van der Waals surface area contributed by atoms with Crippen molar-refractivity contribution in [3.05, 3.63) is 102 Å². The van der Waals surface area contributed by atoms with Crippen LogP contribution in [0.5, 0.6) is 11.5 Å². The van der Waals surface area contributed by atoms with Crippen LogP contribution in [0.3, 0.4) is 0 Å². The number of hydroxylamine groups is 2. The molecule has 0 aromatic heterocycles. The minimum atomic E-state index is -2.66. The maximum atomic E-state index is 13.3. The number of methoxy groups -OCH3 is 2. The fourth-order valence-corrected chi connectivity index (χ4v) is 7.77. The molecule has 3 aromatic rings. The second kappa shape index (κ2) is 20.1. The van der Waals surface area contributed by atoms with Crippen LogP contribution in [0.25, 0.3) is 0 Å². The summed E-state index contributed by atoms with van der Waals surface area (Å²) in [4.78, 5) is 79.7. The number of benzene rings is 3. The lowest BCUT2D eigenvalue weighted by Gasteiger charge is -2.38. The summed E-state index contributed by atoms with van der Waals surface area (Å²) in [6.45, 7) is 13.0. The molecule has 0 aliphatic carbocycles. The molecule has 0 heterocycles. The number of para-hydroxylation sites is 1. The number of hydrogen-bond donors (Lipinski definition) is 1. The summed E-state index contributed by atoms with van der Waals surface area (Å²) in [6, 6.07) is 9.85. The number of thioether (sulfide) groups is 1. The highest BCUT2D eigenvalue weighted by Crippen LogP contribution is 2.46. The number of carbonyl (C=O) groups excluding carboxylic acids is 3. The smallest absolute Gasteiger partial charge is 0.533 e. The van der Waals surface area contributed by atoms with Crippen LogP contribution in [0.2, 0.25) is 18.1 Å². The first-order valence-electron chi connectivity index (χ1n) is 18.1. The van der Waals surface area contributed by atoms with Crippen LogP contribution in [0.15, 0.2) is 48.5 Å². The van der Waals surface area contributed by atoms with Crippen molar-refractivity contribution in [2.45, 2.75) is 90.4 Å². The van der Waals surface area contributed by atoms with Gasteiger partial charge in [-0.25, -0.2) is 14.4 Å². The summed E-state index contributed by atoms with van der Waals surface area (Å²) in [7, 11) is -0.224. The van der Waals surface area contributed by atoms with Gasteiger partial charge >= 0.3 is 18.1 Å². The van der Waals surface area contributed by atoms with E-state index < -0.39 is 48.2 Å². The molecule has 0 saturated heterocycles. The number of non-ortho nitro benzene ring substituents is 1. The number of esters is 1. The van der Waals surface area contributed by atoms with Crippen LogP contribution >= 0.6 is 11.8 Å². The van der Waals surface area contributed by atoms with E-state index in [4.69, 9.17) is 23.5 Å². The molecule has 19 heteroatoms. The fourth-order valence-electron chi connectivity index (χ4n) is 5.59. The van der Waals surface area contributed by atoms with Gasteiger partial charge in [-0.2, -0.15) is 16.8 Å². The van der Waals surface area contributed by atoms with E-state index in [1.807, 2.05) is 33.9 Å². The molecule has 0 aliphatic heterocycles. The molecular formula is C39H49N3O14SSi. The summed E-state index contributed by atoms with van der Waals surface area (Å²) < 4.78 is 22.8. The molecule has 1 amide bonds. The Labute approximate surface area is 341 Å². The number of rotatable bonds is 18. The topological polar surface area (TPSA) is 224 Å². The number of carbonyl (C=O) groups is 4. The number of nitro benzene ring substituents is 2. The van der Waals surface area contributed by atoms with Gasteiger partial charge in [-0.15, -0.1) is 0 Å². The second-order valence-electron chi connectivity index (χ2n) is 14.6. The van der Waals surface area contributed by atoms with E-state index in [-0.39, 0.29) is 75.6 Å². The molecule has 314 valence electrons. The van der Waals surface area contributed by atoms with Gasteiger partial charge < -0.3 is 28.6 Å². The molecule has 1 atom stereocenters. The van der Waals surface area contributed by atoms with Gasteiger partial charge in [0, 0.05) is 64.8 Å². The standard InChI is InChI=1S/C39H49N3O14SSi/c1-10-13-32(43)40(55-38(47)54-21-25-16-18-27(19-17-25)41(48)49)31(37(46)53-7)23-57-22-29-33(36(44)45)24(2)34(56-58(8,9)39(3,4)5)28(35(29)52-6)20-26-14-11-12-15-30(26)42(50)51/h11-12,14-19,31H,10,13,20-23H2,1-9H3,(H,44,45)/t31-/m0/s1. The molecular weight excluding hydrogens is 795 g/mol. The molecule has 58 heavy (non-hydrogen) atoms. The Kier molecular flexibility index (Phi) is 16.2. The Morgan fingerprint density at radius 2 is 1.59 bits per heavy atom. The highest BCUT2D eigenvalue weighted by atomic mass is 32.2. The van der Waals surface area contributed by atoms with Crippen molar-refractivity contribution >= 4 is 55.5 Å². The molecule has 0 aliphatic rings. The number of carboxylic acid groups (broad SMARTS) is 1. The zero-order chi connectivity index (χ0) is 43.5. The van der Waals surface area contributed by atoms with E-state index in [0.29, 0.717) is 28.2 Å². The number of aromatic carboxylic acids is 1. The quantitative estimate of drug-likeness (QED) is 0.0552. The number of amides is 1. The van der Waals surface area contributed by atoms with Gasteiger partial charge in [0.2, 0.25) is 0 Å². The minimum Gasteiger partial charge on any atom is -0.543 e. The summed E-state index contributed by atoms with van der Waals surface area (Å²) in [5, 5.41) is 33.9. The summed E-state index contributed by atoms with van der Waals surface area (Å²) in [5.74, 6) is -3.02. The molecule has 0 bridgehead atoms. The fraction of sp³-hybridized carbons (Fsp3) is 0.436. The van der Waals surface area contributed by atoms with Crippen molar-refractivity contribution in [3.63, 3.8) is 0 Å². The SMILES string of the molecule is CCCC(=O)N(OC(=O)OCc1ccc([N+](=O)[O-])cc1)[C@@H](CSCc1c(OC)c(Cc2ccccc2[N+](=O)[O-])c(O[Si](C)(C)C(C)(C)C)c(C)c1C(=O)O)C(=O)OC. The zero-order valence-electron chi connectivity index (χ0n) is 33.9. The number of hydrogen-bond acceptors (Lipinski definition) is 14. The first-order chi connectivity index (χ1) is 27.2. The van der Waals surface area contributed by atoms with E-state index in [0.717, 1.165) is 18.9 Å². The Balaban J connectivity index is 2.08. The van der Waals surface area contributed by atoms with Gasteiger partial charge in [-0.3, -0.25) is 25.0 Å². The highest BCUT2D eigenvalue weighted by Gasteiger charge is 2.41. The number of carboxylic acids is 1. The second-order valence-corrected chi connectivity index (χ2v) is 20.4. The van der Waals surface area contributed by atoms with Crippen molar-refractivity contribution in [1.82, 2.24) is 5.06 Å². The van der Waals surface area contributed by atoms with Crippen molar-refractivity contribution in [1.29, 1.82) is 0 Å². The average molecular weight is 844 g/mol. The van der Waals surface area contributed by atoms with Crippen molar-refractivity contribution < 1.29 is 57.6 Å². The maximum Gasteiger partial charge on any atom is 0.533 e. The zero-order valence-corrected chi connectivity index (χ0v) is 35.8. The summed E-state index contributed by atoms with van der Waals surface area (Å²) in [6.07, 6.45) is -1.21. The first kappa shape index (κ1) is 46.7. The Bertz CT molecular complexity index is 2020. The molecule has 0 saturated carbocycles. The third-order valence-electron chi connectivity index (χ3n) is 9.64. The average Bonchev–Trinajstić information content (AvgIpc) is 3.15. The van der Waals surface area contributed by atoms with Crippen LogP contribution in [0.4, 0.5) is 16.2 Å². The van der Waals surface area contributed by atoms with Gasteiger partial charge in [-0.1, -0.05) is 45.9 Å². The molecule has 0 radical (unpaired) electrons. The lowest BCUT2D eigenvalue weighted by Crippen LogP contribution is -2.48. The van der Waals surface area contributed by atoms with E-state index in [1.54, 1.807) is 32.0 Å². The van der Waals surface area contributed by atoms with Crippen LogP contribution in [-0.2, 0) is 42.7 Å². The third-order valence-corrected chi connectivity index (χ3v) is 15.0. The number of nitrogens with zero attached hydrogens (tertiary/aromatic N) is 3. The molecule has 3 aromatic carbocycles. The van der Waals surface area contributed by atoms with E-state index in [1.165, 1.54) is 37.4 Å². The predicted molar refractivity (Wildman–Crippen MR) is 217 cm³/mol. The number of nitro groups is 2. The lowest BCUT2D eigenvalue weighted by atomic mass is 9.92. The van der Waals surface area contributed by atoms with E-state index >= 15 is 0 Å². The highest BCUT2D eigenvalue weighted by molar-refractivity contribution is 7.98. The van der Waals surface area contributed by atoms with Crippen LogP contribution in [0, 0.1) is 27.2 Å². The van der Waals surface area contributed by atoms with Crippen molar-refractivity contribution in [2.24, 2.45) is 0 Å². The normalized spacial score (nSPS) is 11.9. The first-order valence-corrected chi connectivity index (χ1v) is 22.2. The van der Waals surface area contributed by atoms with Crippen LogP contribution in [0.1, 0.15) is 78.7 Å². The maximum absolute atomic E-state index is 13.3. The van der Waals surface area contributed by atoms with Gasteiger partial charge in [0.15, 0.2) is 6.04 Å². The van der Waals surface area contributed by atoms with Gasteiger partial charge in [0.25, 0.3) is 25.6 Å². The molecule has 3 rings (SSSR count). The van der Waals surface area contributed by atoms with Crippen LogP contribution in [-0.4, -0.2) is 78.3 Å². The lowest BCUT2D eigenvalue weighted by molar-refractivity contribution is -0.385. The summed E-state index contributed by atoms with van der Waals surface area (Å²) >= 11 is 1.01. The van der Waals surface area contributed by atoms with Gasteiger partial charge in [-0.05, 0) is 49.2 Å². The number of ether oxygens (including phenoxy) is 3. The largest absolute Gasteiger partial charge is 0.543 e. The molecule has 0 unspecified atom stereocenters. The molecule has 1 N–H and O–H groups in total. The monoisotopic (exact) mass is 843 g/mol. The molecule has 0 spiro atoms. The molecule has 0 fully saturated rings. The van der Waals surface area contributed by atoms with E-state index in [2.05, 4.69) is 0 Å². The van der Waals surface area contributed by atoms with Crippen molar-refractivity contribution in [3.8, 4) is 11.5 Å². The van der Waals surface area contributed by atoms with Crippen molar-refractivity contribution in [2.75, 3.05) is 20.0 Å². The Hall–Kier alpha value is -5.69. The summed E-state index contributed by atoms with van der Waals surface area (Å²) in [5.41, 5.74) is 1.11. The van der Waals surface area contributed by atoms with E-state index in [9.17, 15) is 44.5 Å². The Morgan fingerprint density at radius 3 is 2.12 bits per heavy atom. The molecule has 17 nitrogen and oxygen atoms in total. The minimum absolute atomic E-state index is 0.0530. The predicted octanol–water partition coefficient (Wildman–Crippen LogP) is 8.16. The van der Waals surface area contributed by atoms with Crippen LogP contribution < -0.4 is 9.16 Å². The Morgan fingerprint density at radius 1 is 0.948 bits per heavy atom.